The molecular weight excluding hydrogens is 184 g/mol. The van der Waals surface area contributed by atoms with E-state index in [9.17, 15) is 4.79 Å². The Morgan fingerprint density at radius 1 is 1.46 bits per heavy atom. The van der Waals surface area contributed by atoms with E-state index in [1.54, 1.807) is 0 Å². The van der Waals surface area contributed by atoms with Crippen LogP contribution in [0.4, 0.5) is 0 Å². The molecule has 0 atom stereocenters. The zero-order valence-corrected chi connectivity index (χ0v) is 8.69. The Kier molecular flexibility index (Phi) is 3.49. The predicted molar refractivity (Wildman–Crippen MR) is 55.6 cm³/mol. The summed E-state index contributed by atoms with van der Waals surface area (Å²) in [6, 6.07) is 5.94. The molecule has 0 amide bonds. The van der Waals surface area contributed by atoms with Crippen molar-refractivity contribution in [2.75, 3.05) is 5.88 Å². The van der Waals surface area contributed by atoms with Crippen LogP contribution in [-0.4, -0.2) is 11.7 Å². The molecule has 0 bridgehead atoms. The van der Waals surface area contributed by atoms with Gasteiger partial charge in [0, 0.05) is 5.56 Å². The van der Waals surface area contributed by atoms with Gasteiger partial charge in [0.1, 0.15) is 0 Å². The molecule has 0 aliphatic rings. The fraction of sp³-hybridized carbons (Fsp3) is 0.364. The van der Waals surface area contributed by atoms with Crippen LogP contribution >= 0.6 is 11.6 Å². The number of alkyl halides is 1. The molecule has 13 heavy (non-hydrogen) atoms. The SMILES string of the molecule is CCc1ccc(C)c(C(=O)CCl)c1. The molecule has 0 N–H and O–H groups in total. The first-order chi connectivity index (χ1) is 6.19. The van der Waals surface area contributed by atoms with E-state index in [2.05, 4.69) is 6.92 Å². The van der Waals surface area contributed by atoms with E-state index in [0.29, 0.717) is 0 Å². The molecule has 1 rings (SSSR count). The molecule has 0 aliphatic carbocycles. The molecule has 1 nitrogen and oxygen atoms in total. The molecule has 0 radical (unpaired) electrons. The van der Waals surface area contributed by atoms with Gasteiger partial charge in [0.2, 0.25) is 0 Å². The smallest absolute Gasteiger partial charge is 0.177 e. The van der Waals surface area contributed by atoms with Gasteiger partial charge in [0.05, 0.1) is 5.88 Å². The molecule has 70 valence electrons. The number of Topliss-reactive ketones (excluding diaryl/α,β-unsaturated/α-hetero) is 1. The van der Waals surface area contributed by atoms with Gasteiger partial charge >= 0.3 is 0 Å². The van der Waals surface area contributed by atoms with E-state index in [1.807, 2.05) is 25.1 Å². The van der Waals surface area contributed by atoms with Crippen LogP contribution < -0.4 is 0 Å². The molecule has 1 aromatic carbocycles. The summed E-state index contributed by atoms with van der Waals surface area (Å²) >= 11 is 5.50. The predicted octanol–water partition coefficient (Wildman–Crippen LogP) is 2.98. The fourth-order valence-corrected chi connectivity index (χ4v) is 1.41. The Hall–Kier alpha value is -0.820. The molecular formula is C11H13ClO. The van der Waals surface area contributed by atoms with Crippen molar-refractivity contribution in [1.82, 2.24) is 0 Å². The minimum atomic E-state index is 0.00877. The van der Waals surface area contributed by atoms with Crippen LogP contribution in [0.1, 0.15) is 28.4 Å². The highest BCUT2D eigenvalue weighted by molar-refractivity contribution is 6.30. The van der Waals surface area contributed by atoms with E-state index in [1.165, 1.54) is 5.56 Å². The normalized spacial score (nSPS) is 10.1. The Bertz CT molecular complexity index is 318. The van der Waals surface area contributed by atoms with E-state index in [-0.39, 0.29) is 11.7 Å². The third kappa shape index (κ3) is 2.31. The summed E-state index contributed by atoms with van der Waals surface area (Å²) in [5.41, 5.74) is 2.94. The number of benzene rings is 1. The maximum absolute atomic E-state index is 11.4. The lowest BCUT2D eigenvalue weighted by atomic mass is 10.0. The summed E-state index contributed by atoms with van der Waals surface area (Å²) < 4.78 is 0. The van der Waals surface area contributed by atoms with Crippen molar-refractivity contribution >= 4 is 17.4 Å². The number of halogens is 1. The second kappa shape index (κ2) is 4.43. The van der Waals surface area contributed by atoms with Gasteiger partial charge in [-0.2, -0.15) is 0 Å². The van der Waals surface area contributed by atoms with Gasteiger partial charge in [0.15, 0.2) is 5.78 Å². The number of hydrogen-bond donors (Lipinski definition) is 0. The first-order valence-corrected chi connectivity index (χ1v) is 4.91. The largest absolute Gasteiger partial charge is 0.293 e. The topological polar surface area (TPSA) is 17.1 Å². The number of aryl methyl sites for hydroxylation is 2. The number of carbonyl (C=O) groups is 1. The van der Waals surface area contributed by atoms with Gasteiger partial charge in [-0.1, -0.05) is 19.1 Å². The summed E-state index contributed by atoms with van der Waals surface area (Å²) in [7, 11) is 0. The van der Waals surface area contributed by atoms with Crippen LogP contribution in [0.2, 0.25) is 0 Å². The van der Waals surface area contributed by atoms with Gasteiger partial charge in [-0.25, -0.2) is 0 Å². The average Bonchev–Trinajstić information content (AvgIpc) is 2.17. The Labute approximate surface area is 83.7 Å². The highest BCUT2D eigenvalue weighted by Gasteiger charge is 2.07. The maximum atomic E-state index is 11.4. The first kappa shape index (κ1) is 10.3. The fourth-order valence-electron chi connectivity index (χ4n) is 1.26. The number of hydrogen-bond acceptors (Lipinski definition) is 1. The van der Waals surface area contributed by atoms with Crippen LogP contribution in [0.25, 0.3) is 0 Å². The van der Waals surface area contributed by atoms with Gasteiger partial charge < -0.3 is 0 Å². The highest BCUT2D eigenvalue weighted by Crippen LogP contribution is 2.13. The van der Waals surface area contributed by atoms with Crippen LogP contribution in [0.3, 0.4) is 0 Å². The van der Waals surface area contributed by atoms with Gasteiger partial charge in [-0.15, -0.1) is 11.6 Å². The van der Waals surface area contributed by atoms with Crippen molar-refractivity contribution in [3.05, 3.63) is 34.9 Å². The minimum absolute atomic E-state index is 0.00877. The summed E-state index contributed by atoms with van der Waals surface area (Å²) in [5.74, 6) is 0.0723. The van der Waals surface area contributed by atoms with Gasteiger partial charge in [-0.05, 0) is 30.5 Å². The monoisotopic (exact) mass is 196 g/mol. The van der Waals surface area contributed by atoms with E-state index >= 15 is 0 Å². The van der Waals surface area contributed by atoms with Crippen LogP contribution in [-0.2, 0) is 6.42 Å². The summed E-state index contributed by atoms with van der Waals surface area (Å²) in [5, 5.41) is 0. The molecule has 0 unspecified atom stereocenters. The van der Waals surface area contributed by atoms with E-state index < -0.39 is 0 Å². The summed E-state index contributed by atoms with van der Waals surface area (Å²) in [6.07, 6.45) is 0.947. The molecule has 0 aromatic heterocycles. The van der Waals surface area contributed by atoms with Crippen LogP contribution in [0, 0.1) is 6.92 Å². The van der Waals surface area contributed by atoms with Crippen molar-refractivity contribution in [1.29, 1.82) is 0 Å². The minimum Gasteiger partial charge on any atom is -0.293 e. The zero-order chi connectivity index (χ0) is 9.84. The number of ketones is 1. The Morgan fingerprint density at radius 2 is 2.15 bits per heavy atom. The third-order valence-corrected chi connectivity index (χ3v) is 2.37. The number of rotatable bonds is 3. The quantitative estimate of drug-likeness (QED) is 0.537. The van der Waals surface area contributed by atoms with E-state index in [0.717, 1.165) is 17.5 Å². The van der Waals surface area contributed by atoms with Crippen molar-refractivity contribution in [3.8, 4) is 0 Å². The Morgan fingerprint density at radius 3 is 2.69 bits per heavy atom. The maximum Gasteiger partial charge on any atom is 0.177 e. The number of carbonyl (C=O) groups excluding carboxylic acids is 1. The summed E-state index contributed by atoms with van der Waals surface area (Å²) in [6.45, 7) is 4.00. The first-order valence-electron chi connectivity index (χ1n) is 4.37. The van der Waals surface area contributed by atoms with Crippen LogP contribution in [0.5, 0.6) is 0 Å². The average molecular weight is 197 g/mol. The molecule has 1 aromatic rings. The highest BCUT2D eigenvalue weighted by atomic mass is 35.5. The second-order valence-corrected chi connectivity index (χ2v) is 3.33. The van der Waals surface area contributed by atoms with Gasteiger partial charge in [0.25, 0.3) is 0 Å². The molecule has 0 saturated carbocycles. The molecule has 0 aliphatic heterocycles. The summed E-state index contributed by atoms with van der Waals surface area (Å²) in [4.78, 5) is 11.4. The molecule has 2 heteroatoms. The molecule has 0 fully saturated rings. The van der Waals surface area contributed by atoms with Gasteiger partial charge in [-0.3, -0.25) is 4.79 Å². The zero-order valence-electron chi connectivity index (χ0n) is 7.93. The van der Waals surface area contributed by atoms with Crippen molar-refractivity contribution < 1.29 is 4.79 Å². The van der Waals surface area contributed by atoms with Crippen LogP contribution in [0.15, 0.2) is 18.2 Å². The molecule has 0 saturated heterocycles. The lowest BCUT2D eigenvalue weighted by molar-refractivity contribution is 0.102. The molecule has 0 heterocycles. The van der Waals surface area contributed by atoms with Crippen molar-refractivity contribution in [2.45, 2.75) is 20.3 Å². The third-order valence-electron chi connectivity index (χ3n) is 2.13. The molecule has 0 spiro atoms. The standard InChI is InChI=1S/C11H13ClO/c1-3-9-5-4-8(2)10(6-9)11(13)7-12/h4-6H,3,7H2,1-2H3. The second-order valence-electron chi connectivity index (χ2n) is 3.06. The van der Waals surface area contributed by atoms with Crippen molar-refractivity contribution in [2.24, 2.45) is 0 Å². The van der Waals surface area contributed by atoms with E-state index in [4.69, 9.17) is 11.6 Å². The lowest BCUT2D eigenvalue weighted by Crippen LogP contribution is -2.03. The Balaban J connectivity index is 3.11. The lowest BCUT2D eigenvalue weighted by Gasteiger charge is -2.04. The van der Waals surface area contributed by atoms with Crippen molar-refractivity contribution in [3.63, 3.8) is 0 Å².